The van der Waals surface area contributed by atoms with Crippen molar-refractivity contribution < 1.29 is 8.51 Å². The first-order chi connectivity index (χ1) is 4.83. The van der Waals surface area contributed by atoms with E-state index >= 15 is 0 Å². The molecule has 54 valence electrons. The zero-order valence-electron chi connectivity index (χ0n) is 5.80. The molecular formula is C6H9FOSi2. The lowest BCUT2D eigenvalue weighted by Gasteiger charge is -1.96. The minimum atomic E-state index is -0.522. The minimum absolute atomic E-state index is 0.175. The molecule has 0 saturated heterocycles. The third kappa shape index (κ3) is 2.05. The first-order valence-corrected chi connectivity index (χ1v) is 5.16. The van der Waals surface area contributed by atoms with E-state index in [2.05, 4.69) is 0 Å². The van der Waals surface area contributed by atoms with Crippen LogP contribution >= 0.6 is 0 Å². The maximum absolute atomic E-state index is 12.3. The summed E-state index contributed by atoms with van der Waals surface area (Å²) in [7, 11) is 0.268. The van der Waals surface area contributed by atoms with Crippen molar-refractivity contribution in [2.24, 2.45) is 0 Å². The van der Waals surface area contributed by atoms with Gasteiger partial charge in [-0.2, -0.15) is 0 Å². The highest BCUT2D eigenvalue weighted by Crippen LogP contribution is 1.91. The highest BCUT2D eigenvalue weighted by atomic mass is 28.3. The molecule has 10 heavy (non-hydrogen) atoms. The van der Waals surface area contributed by atoms with E-state index in [1.807, 2.05) is 0 Å². The van der Waals surface area contributed by atoms with Crippen LogP contribution in [0.2, 0.25) is 0 Å². The van der Waals surface area contributed by atoms with Gasteiger partial charge in [-0.3, -0.25) is 0 Å². The van der Waals surface area contributed by atoms with Crippen molar-refractivity contribution in [3.05, 3.63) is 30.1 Å². The molecule has 0 aliphatic carbocycles. The smallest absolute Gasteiger partial charge is 0.178 e. The maximum atomic E-state index is 12.3. The minimum Gasteiger partial charge on any atom is -0.465 e. The van der Waals surface area contributed by atoms with Gasteiger partial charge in [0.25, 0.3) is 0 Å². The predicted molar refractivity (Wildman–Crippen MR) is 45.6 cm³/mol. The number of hydrogen-bond donors (Lipinski definition) is 0. The molecule has 1 nitrogen and oxygen atoms in total. The van der Waals surface area contributed by atoms with E-state index in [0.29, 0.717) is 0 Å². The summed E-state index contributed by atoms with van der Waals surface area (Å²) in [6.07, 6.45) is 0. The Kier molecular flexibility index (Phi) is 2.79. The van der Waals surface area contributed by atoms with Crippen LogP contribution in [0.15, 0.2) is 24.3 Å². The van der Waals surface area contributed by atoms with E-state index in [4.69, 9.17) is 4.12 Å². The maximum Gasteiger partial charge on any atom is 0.178 e. The van der Waals surface area contributed by atoms with Crippen LogP contribution in [0.4, 0.5) is 4.39 Å². The second-order valence-electron chi connectivity index (χ2n) is 2.06. The highest BCUT2D eigenvalue weighted by Gasteiger charge is 1.91. The zero-order chi connectivity index (χ0) is 7.40. The second kappa shape index (κ2) is 3.65. The Labute approximate surface area is 64.7 Å². The quantitative estimate of drug-likeness (QED) is 0.511. The fourth-order valence-corrected chi connectivity index (χ4v) is 2.51. The molecule has 0 aliphatic heterocycles. The van der Waals surface area contributed by atoms with Gasteiger partial charge in [-0.25, -0.2) is 4.39 Å². The molecule has 0 saturated carbocycles. The Morgan fingerprint density at radius 3 is 2.40 bits per heavy atom. The van der Waals surface area contributed by atoms with Crippen molar-refractivity contribution in [1.82, 2.24) is 0 Å². The summed E-state index contributed by atoms with van der Waals surface area (Å²) in [5.74, 6) is -0.175. The lowest BCUT2D eigenvalue weighted by Crippen LogP contribution is -2.15. The summed E-state index contributed by atoms with van der Waals surface area (Å²) in [5, 5.41) is 1.16. The van der Waals surface area contributed by atoms with Gasteiger partial charge in [0.15, 0.2) is 9.76 Å². The molecule has 1 rings (SSSR count). The molecule has 0 atom stereocenters. The lowest BCUT2D eigenvalue weighted by molar-refractivity contribution is 0.628. The van der Waals surface area contributed by atoms with Gasteiger partial charge in [0.2, 0.25) is 0 Å². The molecule has 0 aromatic heterocycles. The normalized spacial score (nSPS) is 11.3. The van der Waals surface area contributed by atoms with Gasteiger partial charge in [-0.05, 0) is 17.3 Å². The van der Waals surface area contributed by atoms with Crippen molar-refractivity contribution in [1.29, 1.82) is 0 Å². The van der Waals surface area contributed by atoms with E-state index in [9.17, 15) is 4.39 Å². The highest BCUT2D eigenvalue weighted by molar-refractivity contribution is 6.50. The van der Waals surface area contributed by atoms with Crippen molar-refractivity contribution in [3.63, 3.8) is 0 Å². The van der Waals surface area contributed by atoms with Crippen LogP contribution in [-0.2, 0) is 4.12 Å². The van der Waals surface area contributed by atoms with Gasteiger partial charge >= 0.3 is 0 Å². The summed E-state index contributed by atoms with van der Waals surface area (Å²) in [6, 6.07) is 6.53. The third-order valence-electron chi connectivity index (χ3n) is 1.22. The molecule has 0 bridgehead atoms. The largest absolute Gasteiger partial charge is 0.465 e. The topological polar surface area (TPSA) is 9.23 Å². The van der Waals surface area contributed by atoms with Crippen LogP contribution in [0.3, 0.4) is 0 Å². The summed E-state index contributed by atoms with van der Waals surface area (Å²) in [5.41, 5.74) is 0. The van der Waals surface area contributed by atoms with E-state index in [-0.39, 0.29) is 5.82 Å². The first kappa shape index (κ1) is 7.65. The standard InChI is InChI=1S/C6H9FOSi2/c7-5-1-3-6(4-2-5)10-8-9/h1-4H,10H2,9H3. The number of rotatable bonds is 2. The lowest BCUT2D eigenvalue weighted by atomic mass is 10.3. The fraction of sp³-hybridized carbons (Fsp3) is 0. The SMILES string of the molecule is Fc1ccc([SiH2]O[SiH3])cc1. The van der Waals surface area contributed by atoms with Crippen LogP contribution in [0, 0.1) is 5.82 Å². The van der Waals surface area contributed by atoms with Gasteiger partial charge in [0.1, 0.15) is 16.3 Å². The molecule has 1 aromatic carbocycles. The molecule has 0 spiro atoms. The van der Waals surface area contributed by atoms with Gasteiger partial charge in [0, 0.05) is 0 Å². The first-order valence-electron chi connectivity index (χ1n) is 3.06. The summed E-state index contributed by atoms with van der Waals surface area (Å²) in [6.45, 7) is 0. The Morgan fingerprint density at radius 1 is 1.30 bits per heavy atom. The van der Waals surface area contributed by atoms with Gasteiger partial charge in [0.05, 0.1) is 0 Å². The van der Waals surface area contributed by atoms with Gasteiger partial charge in [-0.15, -0.1) is 0 Å². The Hall–Kier alpha value is -0.456. The van der Waals surface area contributed by atoms with Crippen molar-refractivity contribution in [2.45, 2.75) is 0 Å². The monoisotopic (exact) mass is 172 g/mol. The van der Waals surface area contributed by atoms with E-state index in [1.54, 1.807) is 12.1 Å². The molecule has 0 unspecified atom stereocenters. The van der Waals surface area contributed by atoms with Crippen molar-refractivity contribution in [3.8, 4) is 0 Å². The Balaban J connectivity index is 2.69. The summed E-state index contributed by atoms with van der Waals surface area (Å²) in [4.78, 5) is 0. The average Bonchev–Trinajstić information content (AvgIpc) is 1.95. The van der Waals surface area contributed by atoms with Crippen LogP contribution in [0.5, 0.6) is 0 Å². The zero-order valence-corrected chi connectivity index (χ0v) is 9.22. The van der Waals surface area contributed by atoms with Crippen LogP contribution in [0.25, 0.3) is 0 Å². The summed E-state index contributed by atoms with van der Waals surface area (Å²) < 4.78 is 17.4. The van der Waals surface area contributed by atoms with Crippen LogP contribution in [-0.4, -0.2) is 20.2 Å². The fourth-order valence-electron chi connectivity index (χ4n) is 0.747. The molecule has 0 radical (unpaired) electrons. The Bertz CT molecular complexity index is 199. The Morgan fingerprint density at radius 2 is 1.90 bits per heavy atom. The molecule has 4 heteroatoms. The van der Waals surface area contributed by atoms with E-state index < -0.39 is 9.76 Å². The molecule has 0 fully saturated rings. The molecule has 0 N–H and O–H groups in total. The third-order valence-corrected chi connectivity index (χ3v) is 3.18. The number of hydrogen-bond acceptors (Lipinski definition) is 1. The van der Waals surface area contributed by atoms with Crippen LogP contribution in [0.1, 0.15) is 0 Å². The van der Waals surface area contributed by atoms with Gasteiger partial charge < -0.3 is 4.12 Å². The molecule has 0 heterocycles. The van der Waals surface area contributed by atoms with Crippen molar-refractivity contribution >= 4 is 25.4 Å². The predicted octanol–water partition coefficient (Wildman–Crippen LogP) is -1.17. The second-order valence-corrected chi connectivity index (χ2v) is 5.47. The van der Waals surface area contributed by atoms with E-state index in [0.717, 1.165) is 15.7 Å². The molecule has 0 aliphatic rings. The van der Waals surface area contributed by atoms with Crippen molar-refractivity contribution in [2.75, 3.05) is 0 Å². The molecule has 1 aromatic rings. The van der Waals surface area contributed by atoms with Crippen LogP contribution < -0.4 is 5.19 Å². The van der Waals surface area contributed by atoms with Gasteiger partial charge in [-0.1, -0.05) is 12.1 Å². The molecule has 0 amide bonds. The number of halogens is 1. The van der Waals surface area contributed by atoms with E-state index in [1.165, 1.54) is 12.1 Å². The average molecular weight is 172 g/mol. The summed E-state index contributed by atoms with van der Waals surface area (Å²) >= 11 is 0. The molecular weight excluding hydrogens is 163 g/mol. The number of benzene rings is 1.